The Labute approximate surface area is 78.0 Å². The standard InChI is InChI=1S/C9H20O2S/c1-3-4-5-6-7-8-9(2)12(10)11/h9H,3-8H2,1-2H3,(H,10,11). The molecular formula is C9H20O2S. The van der Waals surface area contributed by atoms with E-state index in [-0.39, 0.29) is 5.25 Å². The lowest BCUT2D eigenvalue weighted by Crippen LogP contribution is -2.08. The topological polar surface area (TPSA) is 37.3 Å². The molecule has 0 fully saturated rings. The molecule has 0 aromatic carbocycles. The molecular weight excluding hydrogens is 172 g/mol. The summed E-state index contributed by atoms with van der Waals surface area (Å²) in [7, 11) is 0. The van der Waals surface area contributed by atoms with Gasteiger partial charge < -0.3 is 4.55 Å². The molecule has 74 valence electrons. The van der Waals surface area contributed by atoms with E-state index in [1.54, 1.807) is 0 Å². The van der Waals surface area contributed by atoms with Crippen LogP contribution in [0.4, 0.5) is 0 Å². The second kappa shape index (κ2) is 7.74. The van der Waals surface area contributed by atoms with E-state index >= 15 is 0 Å². The Hall–Kier alpha value is 0.110. The Balaban J connectivity index is 3.14. The van der Waals surface area contributed by atoms with Gasteiger partial charge in [-0.1, -0.05) is 39.0 Å². The van der Waals surface area contributed by atoms with Crippen LogP contribution in [0, 0.1) is 0 Å². The Bertz CT molecular complexity index is 126. The molecule has 3 heteroatoms. The summed E-state index contributed by atoms with van der Waals surface area (Å²) in [6.07, 6.45) is 6.98. The van der Waals surface area contributed by atoms with E-state index in [0.717, 1.165) is 12.8 Å². The minimum Gasteiger partial charge on any atom is -0.306 e. The number of hydrogen-bond donors (Lipinski definition) is 1. The molecule has 0 heterocycles. The van der Waals surface area contributed by atoms with Crippen molar-refractivity contribution in [3.63, 3.8) is 0 Å². The summed E-state index contributed by atoms with van der Waals surface area (Å²) in [5, 5.41) is -0.0494. The van der Waals surface area contributed by atoms with Gasteiger partial charge in [0.25, 0.3) is 0 Å². The first-order valence-corrected chi connectivity index (χ1v) is 5.95. The van der Waals surface area contributed by atoms with Gasteiger partial charge >= 0.3 is 0 Å². The Morgan fingerprint density at radius 1 is 1.25 bits per heavy atom. The van der Waals surface area contributed by atoms with Crippen molar-refractivity contribution in [2.75, 3.05) is 0 Å². The van der Waals surface area contributed by atoms with E-state index < -0.39 is 11.1 Å². The summed E-state index contributed by atoms with van der Waals surface area (Å²) < 4.78 is 19.2. The highest BCUT2D eigenvalue weighted by atomic mass is 32.2. The zero-order valence-electron chi connectivity index (χ0n) is 8.08. The highest BCUT2D eigenvalue weighted by Gasteiger charge is 2.06. The molecule has 0 amide bonds. The highest BCUT2D eigenvalue weighted by Crippen LogP contribution is 2.09. The quantitative estimate of drug-likeness (QED) is 0.497. The molecule has 0 saturated carbocycles. The van der Waals surface area contributed by atoms with Crippen LogP contribution in [0.1, 0.15) is 52.4 Å². The molecule has 0 rings (SSSR count). The largest absolute Gasteiger partial charge is 0.306 e. The summed E-state index contributed by atoms with van der Waals surface area (Å²) in [5.74, 6) is 0. The number of hydrogen-bond acceptors (Lipinski definition) is 1. The third-order valence-electron chi connectivity index (χ3n) is 2.06. The van der Waals surface area contributed by atoms with E-state index in [9.17, 15) is 4.21 Å². The van der Waals surface area contributed by atoms with Gasteiger partial charge in [-0.05, 0) is 13.3 Å². The first kappa shape index (κ1) is 12.1. The van der Waals surface area contributed by atoms with Crippen LogP contribution in [0.3, 0.4) is 0 Å². The van der Waals surface area contributed by atoms with Gasteiger partial charge in [-0.25, -0.2) is 4.21 Å². The molecule has 0 aromatic heterocycles. The lowest BCUT2D eigenvalue weighted by Gasteiger charge is -2.05. The fraction of sp³-hybridized carbons (Fsp3) is 1.00. The fourth-order valence-electron chi connectivity index (χ4n) is 1.14. The van der Waals surface area contributed by atoms with Gasteiger partial charge in [0.05, 0.1) is 5.25 Å². The lowest BCUT2D eigenvalue weighted by molar-refractivity contribution is 0.534. The van der Waals surface area contributed by atoms with Crippen LogP contribution < -0.4 is 0 Å². The molecule has 0 saturated heterocycles. The van der Waals surface area contributed by atoms with Crippen molar-refractivity contribution in [1.82, 2.24) is 0 Å². The minimum absolute atomic E-state index is 0.0494. The first-order chi connectivity index (χ1) is 5.68. The van der Waals surface area contributed by atoms with Gasteiger partial charge in [0.2, 0.25) is 0 Å². The van der Waals surface area contributed by atoms with Crippen LogP contribution >= 0.6 is 0 Å². The van der Waals surface area contributed by atoms with Crippen molar-refractivity contribution in [3.8, 4) is 0 Å². The molecule has 0 bridgehead atoms. The highest BCUT2D eigenvalue weighted by molar-refractivity contribution is 7.79. The average molecular weight is 192 g/mol. The minimum atomic E-state index is -1.62. The normalized spacial score (nSPS) is 15.9. The van der Waals surface area contributed by atoms with Crippen molar-refractivity contribution in [2.45, 2.75) is 57.6 Å². The third-order valence-corrected chi connectivity index (χ3v) is 2.98. The fourth-order valence-corrected chi connectivity index (χ4v) is 1.50. The molecule has 0 aliphatic rings. The van der Waals surface area contributed by atoms with Crippen LogP contribution in [0.5, 0.6) is 0 Å². The maximum Gasteiger partial charge on any atom is 0.155 e. The van der Waals surface area contributed by atoms with Crippen LogP contribution in [0.2, 0.25) is 0 Å². The zero-order valence-corrected chi connectivity index (χ0v) is 8.90. The summed E-state index contributed by atoms with van der Waals surface area (Å²) in [6.45, 7) is 4.02. The third kappa shape index (κ3) is 6.80. The lowest BCUT2D eigenvalue weighted by atomic mass is 10.1. The van der Waals surface area contributed by atoms with E-state index in [1.165, 1.54) is 25.7 Å². The van der Waals surface area contributed by atoms with Crippen molar-refractivity contribution in [2.24, 2.45) is 0 Å². The number of rotatable bonds is 7. The molecule has 2 nitrogen and oxygen atoms in total. The first-order valence-electron chi connectivity index (χ1n) is 4.78. The Morgan fingerprint density at radius 3 is 2.33 bits per heavy atom. The van der Waals surface area contributed by atoms with Crippen molar-refractivity contribution in [3.05, 3.63) is 0 Å². The molecule has 0 aliphatic heterocycles. The predicted molar refractivity (Wildman–Crippen MR) is 53.6 cm³/mol. The van der Waals surface area contributed by atoms with E-state index in [1.807, 2.05) is 6.92 Å². The van der Waals surface area contributed by atoms with E-state index in [4.69, 9.17) is 4.55 Å². The molecule has 0 aromatic rings. The van der Waals surface area contributed by atoms with Gasteiger partial charge in [0.15, 0.2) is 11.1 Å². The molecule has 2 unspecified atom stereocenters. The molecule has 12 heavy (non-hydrogen) atoms. The van der Waals surface area contributed by atoms with Crippen LogP contribution in [-0.2, 0) is 11.1 Å². The maximum atomic E-state index is 10.5. The van der Waals surface area contributed by atoms with Gasteiger partial charge in [0, 0.05) is 0 Å². The average Bonchev–Trinajstić information content (AvgIpc) is 2.03. The maximum absolute atomic E-state index is 10.5. The van der Waals surface area contributed by atoms with Gasteiger partial charge in [-0.2, -0.15) is 0 Å². The van der Waals surface area contributed by atoms with Crippen molar-refractivity contribution in [1.29, 1.82) is 0 Å². The summed E-state index contributed by atoms with van der Waals surface area (Å²) in [6, 6.07) is 0. The second-order valence-corrected chi connectivity index (χ2v) is 4.65. The monoisotopic (exact) mass is 192 g/mol. The van der Waals surface area contributed by atoms with Gasteiger partial charge in [-0.3, -0.25) is 0 Å². The van der Waals surface area contributed by atoms with E-state index in [0.29, 0.717) is 0 Å². The second-order valence-electron chi connectivity index (χ2n) is 3.29. The Kier molecular flexibility index (Phi) is 7.81. The molecule has 0 aliphatic carbocycles. The Morgan fingerprint density at radius 2 is 1.83 bits per heavy atom. The smallest absolute Gasteiger partial charge is 0.155 e. The molecule has 0 radical (unpaired) electrons. The SMILES string of the molecule is CCCCCCCC(C)S(=O)O. The van der Waals surface area contributed by atoms with Crippen molar-refractivity contribution >= 4 is 11.1 Å². The molecule has 0 spiro atoms. The predicted octanol–water partition coefficient (Wildman–Crippen LogP) is 2.96. The van der Waals surface area contributed by atoms with Crippen LogP contribution in [0.25, 0.3) is 0 Å². The summed E-state index contributed by atoms with van der Waals surface area (Å²) in [5.41, 5.74) is 0. The summed E-state index contributed by atoms with van der Waals surface area (Å²) in [4.78, 5) is 0. The van der Waals surface area contributed by atoms with Crippen molar-refractivity contribution < 1.29 is 8.76 Å². The van der Waals surface area contributed by atoms with E-state index in [2.05, 4.69) is 6.92 Å². The number of unbranched alkanes of at least 4 members (excludes halogenated alkanes) is 4. The molecule has 1 N–H and O–H groups in total. The van der Waals surface area contributed by atoms with Gasteiger partial charge in [-0.15, -0.1) is 0 Å². The molecule has 2 atom stereocenters. The zero-order chi connectivity index (χ0) is 9.40. The van der Waals surface area contributed by atoms with Gasteiger partial charge in [0.1, 0.15) is 0 Å². The van der Waals surface area contributed by atoms with Crippen LogP contribution in [0.15, 0.2) is 0 Å². The summed E-state index contributed by atoms with van der Waals surface area (Å²) >= 11 is -1.62. The van der Waals surface area contributed by atoms with Crippen LogP contribution in [-0.4, -0.2) is 14.0 Å².